The number of fused-ring (bicyclic) bond motifs is 7. The largest absolute Gasteiger partial charge is 0.453 e. The molecule has 3 heterocycles. The van der Waals surface area contributed by atoms with Gasteiger partial charge in [-0.15, -0.1) is 0 Å². The third-order valence-corrected chi connectivity index (χ3v) is 11.0. The normalized spacial score (nSPS) is 14.5. The highest BCUT2D eigenvalue weighted by Gasteiger charge is 2.45. The molecule has 254 valence electrons. The molecule has 0 saturated carbocycles. The van der Waals surface area contributed by atoms with E-state index in [2.05, 4.69) is 183 Å². The van der Waals surface area contributed by atoms with Crippen LogP contribution in [-0.4, -0.2) is 11.4 Å². The van der Waals surface area contributed by atoms with Gasteiger partial charge < -0.3 is 14.1 Å². The Labute approximate surface area is 299 Å². The average Bonchev–Trinajstić information content (AvgIpc) is 3.37. The van der Waals surface area contributed by atoms with Crippen LogP contribution in [0.5, 0.6) is 11.5 Å². The third-order valence-electron chi connectivity index (χ3n) is 11.0. The molecule has 0 unspecified atom stereocenters. The maximum absolute atomic E-state index is 7.27. The van der Waals surface area contributed by atoms with Crippen LogP contribution in [0.2, 0.25) is 0 Å². The molecule has 0 amide bonds. The van der Waals surface area contributed by atoms with E-state index < -0.39 is 0 Å². The monoisotopic (exact) mass is 658 g/mol. The van der Waals surface area contributed by atoms with Gasteiger partial charge in [-0.2, -0.15) is 0 Å². The van der Waals surface area contributed by atoms with E-state index in [0.29, 0.717) is 0 Å². The molecule has 2 aliphatic heterocycles. The summed E-state index contributed by atoms with van der Waals surface area (Å²) in [6.07, 6.45) is 0. The van der Waals surface area contributed by atoms with Gasteiger partial charge in [0, 0.05) is 16.5 Å². The first-order valence-electron chi connectivity index (χ1n) is 18.3. The minimum absolute atomic E-state index is 0.0444. The molecule has 0 saturated heterocycles. The highest BCUT2D eigenvalue weighted by molar-refractivity contribution is 6.92. The second-order valence-corrected chi connectivity index (χ2v) is 18.8. The Hall–Kier alpha value is -4.44. The summed E-state index contributed by atoms with van der Waals surface area (Å²) in [5, 5.41) is 2.59. The maximum atomic E-state index is 7.27. The molecule has 8 rings (SSSR count). The lowest BCUT2D eigenvalue weighted by atomic mass is 9.46. The van der Waals surface area contributed by atoms with Crippen molar-refractivity contribution in [3.05, 3.63) is 113 Å². The number of ether oxygens (including phenoxy) is 1. The molecule has 6 aromatic rings. The van der Waals surface area contributed by atoms with Gasteiger partial charge >= 0.3 is 6.85 Å². The molecule has 50 heavy (non-hydrogen) atoms. The Bertz CT molecular complexity index is 2270. The van der Waals surface area contributed by atoms with Crippen molar-refractivity contribution in [2.45, 2.75) is 105 Å². The molecule has 0 spiro atoms. The smallest absolute Gasteiger partial charge is 0.332 e. The predicted octanol–water partition coefficient (Wildman–Crippen LogP) is 11.3. The molecule has 0 N–H and O–H groups in total. The minimum Gasteiger partial charge on any atom is -0.453 e. The van der Waals surface area contributed by atoms with Crippen LogP contribution in [0.4, 0.5) is 11.4 Å². The van der Waals surface area contributed by atoms with Crippen molar-refractivity contribution in [1.29, 1.82) is 0 Å². The Balaban J connectivity index is 1.57. The summed E-state index contributed by atoms with van der Waals surface area (Å²) in [5.74, 6) is 1.88. The van der Waals surface area contributed by atoms with Crippen molar-refractivity contribution in [3.8, 4) is 17.2 Å². The highest BCUT2D eigenvalue weighted by atomic mass is 16.5. The van der Waals surface area contributed by atoms with Crippen LogP contribution >= 0.6 is 0 Å². The average molecular weight is 659 g/mol. The Kier molecular flexibility index (Phi) is 6.91. The molecule has 4 heteroatoms. The number of anilines is 2. The summed E-state index contributed by atoms with van der Waals surface area (Å²) in [6.45, 7) is 27.9. The fourth-order valence-electron chi connectivity index (χ4n) is 8.25. The highest BCUT2D eigenvalue weighted by Crippen LogP contribution is 2.56. The van der Waals surface area contributed by atoms with Gasteiger partial charge in [0.2, 0.25) is 0 Å². The fourth-order valence-corrected chi connectivity index (χ4v) is 8.25. The van der Waals surface area contributed by atoms with Gasteiger partial charge in [0.05, 0.1) is 22.4 Å². The van der Waals surface area contributed by atoms with Gasteiger partial charge in [-0.05, 0) is 79.1 Å². The number of nitrogens with zero attached hydrogens (tertiary/aromatic N) is 2. The molecule has 1 aromatic heterocycles. The van der Waals surface area contributed by atoms with E-state index in [0.717, 1.165) is 11.5 Å². The topological polar surface area (TPSA) is 17.4 Å². The lowest BCUT2D eigenvalue weighted by Crippen LogP contribution is -2.59. The van der Waals surface area contributed by atoms with E-state index in [1.54, 1.807) is 0 Å². The Morgan fingerprint density at radius 2 is 1.00 bits per heavy atom. The van der Waals surface area contributed by atoms with Crippen LogP contribution in [-0.2, 0) is 21.7 Å². The number of hydrogen-bond acceptors (Lipinski definition) is 2. The Morgan fingerprint density at radius 3 is 1.56 bits per heavy atom. The third kappa shape index (κ3) is 4.85. The molecule has 0 aliphatic carbocycles. The molecular weight excluding hydrogens is 607 g/mol. The molecular formula is C46H51BN2O. The van der Waals surface area contributed by atoms with E-state index in [4.69, 9.17) is 4.74 Å². The second kappa shape index (κ2) is 10.5. The molecule has 0 fully saturated rings. The van der Waals surface area contributed by atoms with Crippen molar-refractivity contribution in [1.82, 2.24) is 4.57 Å². The van der Waals surface area contributed by atoms with Gasteiger partial charge in [0.15, 0.2) is 11.5 Å². The molecule has 0 bridgehead atoms. The van der Waals surface area contributed by atoms with E-state index >= 15 is 0 Å². The fraction of sp³-hybridized carbons (Fsp3) is 0.348. The number of benzene rings is 5. The van der Waals surface area contributed by atoms with E-state index in [1.807, 2.05) is 0 Å². The van der Waals surface area contributed by atoms with Crippen molar-refractivity contribution >= 4 is 51.0 Å². The standard InChI is InChI=1S/C46H51BN2O/c1-43(2,3)28-24-32(45(7,8)9)41-38(26-28)50-39-27-29(44(4,5)6)25-33(46(10,11)12)42(39)49(41)47-34-20-14-16-23-37(34)48-36-22-15-13-18-30(36)31-19-17-21-35(47)40(31)48/h13-27H,1-12H3. The van der Waals surface area contributed by atoms with Gasteiger partial charge in [0.1, 0.15) is 0 Å². The van der Waals surface area contributed by atoms with E-state index in [-0.39, 0.29) is 28.5 Å². The molecule has 2 aliphatic rings. The van der Waals surface area contributed by atoms with Gasteiger partial charge in [0.25, 0.3) is 0 Å². The quantitative estimate of drug-likeness (QED) is 0.164. The number of para-hydroxylation sites is 3. The summed E-state index contributed by atoms with van der Waals surface area (Å²) in [7, 11) is 0. The van der Waals surface area contributed by atoms with E-state index in [1.165, 1.54) is 72.0 Å². The number of rotatable bonds is 1. The zero-order valence-electron chi connectivity index (χ0n) is 32.0. The predicted molar refractivity (Wildman–Crippen MR) is 216 cm³/mol. The summed E-state index contributed by atoms with van der Waals surface area (Å²) in [4.78, 5) is 2.70. The zero-order chi connectivity index (χ0) is 35.7. The molecule has 3 nitrogen and oxygen atoms in total. The molecule has 5 aromatic carbocycles. The summed E-state index contributed by atoms with van der Waals surface area (Å²) in [6, 6.07) is 34.5. The Morgan fingerprint density at radius 1 is 0.500 bits per heavy atom. The van der Waals surface area contributed by atoms with Crippen LogP contribution in [0.15, 0.2) is 91.0 Å². The van der Waals surface area contributed by atoms with Crippen LogP contribution in [0.1, 0.15) is 105 Å². The summed E-state index contributed by atoms with van der Waals surface area (Å²) >= 11 is 0. The van der Waals surface area contributed by atoms with Gasteiger partial charge in [-0.25, -0.2) is 0 Å². The first-order valence-corrected chi connectivity index (χ1v) is 18.3. The van der Waals surface area contributed by atoms with Crippen molar-refractivity contribution in [3.63, 3.8) is 0 Å². The van der Waals surface area contributed by atoms with Crippen molar-refractivity contribution in [2.24, 2.45) is 0 Å². The zero-order valence-corrected chi connectivity index (χ0v) is 32.0. The maximum Gasteiger partial charge on any atom is 0.332 e. The summed E-state index contributed by atoms with van der Waals surface area (Å²) < 4.78 is 9.78. The lowest BCUT2D eigenvalue weighted by molar-refractivity contribution is 0.460. The van der Waals surface area contributed by atoms with Gasteiger partial charge in [-0.3, -0.25) is 0 Å². The number of hydrogen-bond donors (Lipinski definition) is 0. The first kappa shape index (κ1) is 32.8. The summed E-state index contributed by atoms with van der Waals surface area (Å²) in [5.41, 5.74) is 13.6. The molecule has 0 atom stereocenters. The first-order chi connectivity index (χ1) is 23.4. The van der Waals surface area contributed by atoms with Crippen LogP contribution in [0, 0.1) is 0 Å². The SMILES string of the molecule is CC(C)(C)c1cc2c(c(C(C)(C)C)c1)N(B1c3ccccc3-n3c4ccccc4c4cccc1c43)c1c(cc(C(C)(C)C)cc1C(C)(C)C)O2. The second-order valence-electron chi connectivity index (χ2n) is 18.8. The van der Waals surface area contributed by atoms with Crippen LogP contribution < -0.4 is 20.5 Å². The van der Waals surface area contributed by atoms with Crippen LogP contribution in [0.25, 0.3) is 27.5 Å². The van der Waals surface area contributed by atoms with Gasteiger partial charge in [-0.1, -0.05) is 150 Å². The van der Waals surface area contributed by atoms with E-state index in [9.17, 15) is 0 Å². The molecule has 0 radical (unpaired) electrons. The van der Waals surface area contributed by atoms with Crippen molar-refractivity contribution in [2.75, 3.05) is 4.81 Å². The number of aromatic nitrogens is 1. The van der Waals surface area contributed by atoms with Crippen LogP contribution in [0.3, 0.4) is 0 Å². The van der Waals surface area contributed by atoms with Crippen molar-refractivity contribution < 1.29 is 4.74 Å². The lowest BCUT2D eigenvalue weighted by Gasteiger charge is -2.45. The minimum atomic E-state index is -0.146.